The standard InChI is InChI=1S/C17H25N3O/c1-16(2,13-18)20-11-9-19(10-12-20)14-17(3,21)15-7-5-4-6-8-15/h4-8,21H,9-12,14H2,1-3H3. The summed E-state index contributed by atoms with van der Waals surface area (Å²) >= 11 is 0. The summed E-state index contributed by atoms with van der Waals surface area (Å²) in [7, 11) is 0. The molecule has 0 spiro atoms. The van der Waals surface area contributed by atoms with Gasteiger partial charge in [0.15, 0.2) is 0 Å². The zero-order valence-electron chi connectivity index (χ0n) is 13.2. The van der Waals surface area contributed by atoms with Gasteiger partial charge in [-0.3, -0.25) is 9.80 Å². The van der Waals surface area contributed by atoms with E-state index in [4.69, 9.17) is 0 Å². The highest BCUT2D eigenvalue weighted by Gasteiger charge is 2.32. The second-order valence-corrected chi connectivity index (χ2v) is 6.57. The van der Waals surface area contributed by atoms with Gasteiger partial charge in [-0.2, -0.15) is 5.26 Å². The number of benzene rings is 1. The molecule has 1 unspecified atom stereocenters. The van der Waals surface area contributed by atoms with Crippen molar-refractivity contribution in [2.45, 2.75) is 31.9 Å². The first-order chi connectivity index (χ1) is 9.85. The number of rotatable bonds is 4. The zero-order valence-corrected chi connectivity index (χ0v) is 13.2. The number of hydrogen-bond donors (Lipinski definition) is 1. The van der Waals surface area contributed by atoms with Gasteiger partial charge in [-0.1, -0.05) is 30.3 Å². The van der Waals surface area contributed by atoms with Crippen molar-refractivity contribution in [1.29, 1.82) is 5.26 Å². The maximum atomic E-state index is 10.7. The lowest BCUT2D eigenvalue weighted by molar-refractivity contribution is -0.00785. The highest BCUT2D eigenvalue weighted by atomic mass is 16.3. The molecular weight excluding hydrogens is 262 g/mol. The van der Waals surface area contributed by atoms with Crippen molar-refractivity contribution in [3.8, 4) is 6.07 Å². The van der Waals surface area contributed by atoms with Crippen molar-refractivity contribution in [2.24, 2.45) is 0 Å². The number of hydrogen-bond acceptors (Lipinski definition) is 4. The Morgan fingerprint density at radius 2 is 1.67 bits per heavy atom. The summed E-state index contributed by atoms with van der Waals surface area (Å²) < 4.78 is 0. The third-order valence-electron chi connectivity index (χ3n) is 4.36. The average molecular weight is 287 g/mol. The van der Waals surface area contributed by atoms with E-state index in [1.165, 1.54) is 0 Å². The Balaban J connectivity index is 1.94. The van der Waals surface area contributed by atoms with Crippen LogP contribution in [0.15, 0.2) is 30.3 Å². The fourth-order valence-corrected chi connectivity index (χ4v) is 2.86. The molecule has 0 aliphatic carbocycles. The molecule has 21 heavy (non-hydrogen) atoms. The van der Waals surface area contributed by atoms with Crippen molar-refractivity contribution in [2.75, 3.05) is 32.7 Å². The molecule has 1 fully saturated rings. The first-order valence-corrected chi connectivity index (χ1v) is 7.52. The largest absolute Gasteiger partial charge is 0.384 e. The van der Waals surface area contributed by atoms with Crippen molar-refractivity contribution >= 4 is 0 Å². The van der Waals surface area contributed by atoms with Crippen LogP contribution in [0.5, 0.6) is 0 Å². The molecule has 1 saturated heterocycles. The highest BCUT2D eigenvalue weighted by Crippen LogP contribution is 2.23. The van der Waals surface area contributed by atoms with E-state index in [9.17, 15) is 10.4 Å². The van der Waals surface area contributed by atoms with E-state index in [0.717, 1.165) is 31.7 Å². The Kier molecular flexibility index (Phi) is 4.67. The number of piperazine rings is 1. The van der Waals surface area contributed by atoms with Crippen molar-refractivity contribution in [3.05, 3.63) is 35.9 Å². The molecule has 1 aromatic carbocycles. The maximum absolute atomic E-state index is 10.7. The summed E-state index contributed by atoms with van der Waals surface area (Å²) in [6, 6.07) is 12.2. The van der Waals surface area contributed by atoms with E-state index >= 15 is 0 Å². The van der Waals surface area contributed by atoms with Crippen LogP contribution < -0.4 is 0 Å². The molecule has 0 bridgehead atoms. The topological polar surface area (TPSA) is 50.5 Å². The molecular formula is C17H25N3O. The average Bonchev–Trinajstić information content (AvgIpc) is 2.48. The molecule has 0 aromatic heterocycles. The summed E-state index contributed by atoms with van der Waals surface area (Å²) in [6.07, 6.45) is 0. The zero-order chi connectivity index (χ0) is 15.5. The summed E-state index contributed by atoms with van der Waals surface area (Å²) in [5, 5.41) is 19.9. The van der Waals surface area contributed by atoms with Crippen LogP contribution in [0.2, 0.25) is 0 Å². The van der Waals surface area contributed by atoms with Gasteiger partial charge in [0.1, 0.15) is 5.54 Å². The van der Waals surface area contributed by atoms with Crippen LogP contribution in [0.25, 0.3) is 0 Å². The minimum atomic E-state index is -0.839. The molecule has 1 atom stereocenters. The number of nitrogens with zero attached hydrogens (tertiary/aromatic N) is 3. The van der Waals surface area contributed by atoms with E-state index in [-0.39, 0.29) is 0 Å². The molecule has 1 aliphatic rings. The molecule has 2 rings (SSSR count). The van der Waals surface area contributed by atoms with Gasteiger partial charge in [-0.15, -0.1) is 0 Å². The van der Waals surface area contributed by atoms with E-state index in [1.807, 2.05) is 51.1 Å². The van der Waals surface area contributed by atoms with Crippen LogP contribution in [0.4, 0.5) is 0 Å². The van der Waals surface area contributed by atoms with Crippen LogP contribution in [0.1, 0.15) is 26.3 Å². The minimum Gasteiger partial charge on any atom is -0.384 e. The van der Waals surface area contributed by atoms with Gasteiger partial charge in [0.2, 0.25) is 0 Å². The second kappa shape index (κ2) is 6.15. The van der Waals surface area contributed by atoms with Gasteiger partial charge >= 0.3 is 0 Å². The smallest absolute Gasteiger partial charge is 0.103 e. The Morgan fingerprint density at radius 1 is 1.10 bits per heavy atom. The Labute approximate surface area is 127 Å². The van der Waals surface area contributed by atoms with Gasteiger partial charge in [0, 0.05) is 32.7 Å². The molecule has 1 aromatic rings. The molecule has 1 N–H and O–H groups in total. The number of nitriles is 1. The van der Waals surface area contributed by atoms with Crippen LogP contribution in [-0.2, 0) is 5.60 Å². The lowest BCUT2D eigenvalue weighted by Crippen LogP contribution is -2.55. The normalized spacial score (nSPS) is 20.7. The Bertz CT molecular complexity index is 497. The van der Waals surface area contributed by atoms with E-state index in [2.05, 4.69) is 15.9 Å². The minimum absolute atomic E-state index is 0.409. The predicted octanol–water partition coefficient (Wildman–Crippen LogP) is 1.81. The van der Waals surface area contributed by atoms with Crippen molar-refractivity contribution < 1.29 is 5.11 Å². The van der Waals surface area contributed by atoms with Crippen LogP contribution in [0.3, 0.4) is 0 Å². The van der Waals surface area contributed by atoms with Crippen molar-refractivity contribution in [3.63, 3.8) is 0 Å². The second-order valence-electron chi connectivity index (χ2n) is 6.57. The molecule has 114 valence electrons. The molecule has 1 heterocycles. The van der Waals surface area contributed by atoms with Gasteiger partial charge in [-0.05, 0) is 26.3 Å². The van der Waals surface area contributed by atoms with E-state index in [1.54, 1.807) is 0 Å². The van der Waals surface area contributed by atoms with Gasteiger partial charge in [0.05, 0.1) is 11.7 Å². The first kappa shape index (κ1) is 16.0. The first-order valence-electron chi connectivity index (χ1n) is 7.52. The van der Waals surface area contributed by atoms with Gasteiger partial charge in [0.25, 0.3) is 0 Å². The summed E-state index contributed by atoms with van der Waals surface area (Å²) in [4.78, 5) is 4.48. The van der Waals surface area contributed by atoms with Crippen LogP contribution in [-0.4, -0.2) is 53.2 Å². The molecule has 0 radical (unpaired) electrons. The third-order valence-corrected chi connectivity index (χ3v) is 4.36. The summed E-state index contributed by atoms with van der Waals surface area (Å²) in [5.74, 6) is 0. The number of aliphatic hydroxyl groups is 1. The highest BCUT2D eigenvalue weighted by molar-refractivity contribution is 5.21. The van der Waals surface area contributed by atoms with Crippen molar-refractivity contribution in [1.82, 2.24) is 9.80 Å². The summed E-state index contributed by atoms with van der Waals surface area (Å²) in [5.41, 5.74) is -0.299. The lowest BCUT2D eigenvalue weighted by Gasteiger charge is -2.42. The molecule has 0 amide bonds. The fraction of sp³-hybridized carbons (Fsp3) is 0.588. The quantitative estimate of drug-likeness (QED) is 0.917. The third kappa shape index (κ3) is 3.82. The molecule has 4 nitrogen and oxygen atoms in total. The lowest BCUT2D eigenvalue weighted by atomic mass is 9.95. The van der Waals surface area contributed by atoms with Crippen LogP contribution in [0, 0.1) is 11.3 Å². The molecule has 1 aliphatic heterocycles. The fourth-order valence-electron chi connectivity index (χ4n) is 2.86. The van der Waals surface area contributed by atoms with E-state index < -0.39 is 11.1 Å². The Hall–Kier alpha value is -1.41. The Morgan fingerprint density at radius 3 is 2.19 bits per heavy atom. The van der Waals surface area contributed by atoms with Gasteiger partial charge in [-0.25, -0.2) is 0 Å². The monoisotopic (exact) mass is 287 g/mol. The predicted molar refractivity (Wildman–Crippen MR) is 83.7 cm³/mol. The molecule has 0 saturated carbocycles. The summed E-state index contributed by atoms with van der Waals surface area (Å²) in [6.45, 7) is 9.91. The SMILES string of the molecule is CC(O)(CN1CCN(C(C)(C)C#N)CC1)c1ccccc1. The molecule has 4 heteroatoms. The number of β-amino-alcohol motifs (C(OH)–C–C–N with tert-alkyl or cyclic N) is 1. The van der Waals surface area contributed by atoms with E-state index in [0.29, 0.717) is 6.54 Å². The van der Waals surface area contributed by atoms with Gasteiger partial charge < -0.3 is 5.11 Å². The maximum Gasteiger partial charge on any atom is 0.103 e. The van der Waals surface area contributed by atoms with Crippen LogP contribution >= 0.6 is 0 Å².